The third-order valence-electron chi connectivity index (χ3n) is 3.64. The van der Waals surface area contributed by atoms with Crippen LogP contribution in [0, 0.1) is 5.92 Å². The van der Waals surface area contributed by atoms with Crippen LogP contribution in [0.3, 0.4) is 0 Å². The Hall–Kier alpha value is -0.120. The average Bonchev–Trinajstić information content (AvgIpc) is 2.27. The number of methoxy groups -OCH3 is 1. The molecule has 90 valence electrons. The minimum atomic E-state index is 0.639. The van der Waals surface area contributed by atoms with Crippen LogP contribution in [0.1, 0.15) is 27.2 Å². The Morgan fingerprint density at radius 2 is 2.27 bits per heavy atom. The molecule has 0 aromatic heterocycles. The molecule has 1 aliphatic heterocycles. The zero-order valence-electron chi connectivity index (χ0n) is 10.6. The van der Waals surface area contributed by atoms with Crippen LogP contribution >= 0.6 is 0 Å². The number of hydrogen-bond acceptors (Lipinski definition) is 3. The van der Waals surface area contributed by atoms with Gasteiger partial charge in [-0.2, -0.15) is 0 Å². The third kappa shape index (κ3) is 3.74. The summed E-state index contributed by atoms with van der Waals surface area (Å²) in [6.07, 6.45) is 1.25. The Balaban J connectivity index is 2.40. The van der Waals surface area contributed by atoms with Crippen molar-refractivity contribution in [1.82, 2.24) is 10.2 Å². The molecule has 1 N–H and O–H groups in total. The largest absolute Gasteiger partial charge is 0.383 e. The van der Waals surface area contributed by atoms with E-state index in [1.807, 2.05) is 0 Å². The second-order valence-corrected chi connectivity index (χ2v) is 4.74. The topological polar surface area (TPSA) is 24.5 Å². The highest BCUT2D eigenvalue weighted by molar-refractivity contribution is 4.86. The van der Waals surface area contributed by atoms with Crippen LogP contribution in [0.15, 0.2) is 0 Å². The van der Waals surface area contributed by atoms with E-state index in [0.717, 1.165) is 25.6 Å². The van der Waals surface area contributed by atoms with Crippen LogP contribution in [0.5, 0.6) is 0 Å². The first kappa shape index (κ1) is 12.9. The molecule has 0 radical (unpaired) electrons. The molecule has 1 heterocycles. The van der Waals surface area contributed by atoms with Gasteiger partial charge in [-0.1, -0.05) is 20.3 Å². The van der Waals surface area contributed by atoms with Gasteiger partial charge < -0.3 is 10.1 Å². The normalized spacial score (nSPS) is 30.4. The number of rotatable bonds is 5. The SMILES string of the molecule is CCC(C)C1CN(CCOC)C(C)CN1. The number of hydrogen-bond donors (Lipinski definition) is 1. The fraction of sp³-hybridized carbons (Fsp3) is 1.00. The summed E-state index contributed by atoms with van der Waals surface area (Å²) in [4.78, 5) is 2.54. The van der Waals surface area contributed by atoms with Gasteiger partial charge in [0, 0.05) is 38.8 Å². The van der Waals surface area contributed by atoms with Crippen molar-refractivity contribution >= 4 is 0 Å². The molecular formula is C12H26N2O. The van der Waals surface area contributed by atoms with Crippen LogP contribution in [0.2, 0.25) is 0 Å². The molecule has 3 heteroatoms. The van der Waals surface area contributed by atoms with Gasteiger partial charge in [-0.15, -0.1) is 0 Å². The zero-order valence-corrected chi connectivity index (χ0v) is 10.6. The van der Waals surface area contributed by atoms with Gasteiger partial charge in [-0.3, -0.25) is 4.90 Å². The molecule has 3 atom stereocenters. The fourth-order valence-electron chi connectivity index (χ4n) is 2.13. The van der Waals surface area contributed by atoms with E-state index in [2.05, 4.69) is 31.0 Å². The third-order valence-corrected chi connectivity index (χ3v) is 3.64. The first-order chi connectivity index (χ1) is 7.19. The van der Waals surface area contributed by atoms with E-state index in [1.165, 1.54) is 13.0 Å². The lowest BCUT2D eigenvalue weighted by Crippen LogP contribution is -2.57. The fourth-order valence-corrected chi connectivity index (χ4v) is 2.13. The van der Waals surface area contributed by atoms with Gasteiger partial charge in [0.25, 0.3) is 0 Å². The summed E-state index contributed by atoms with van der Waals surface area (Å²) >= 11 is 0. The predicted octanol–water partition coefficient (Wildman–Crippen LogP) is 1.34. The average molecular weight is 214 g/mol. The van der Waals surface area contributed by atoms with Gasteiger partial charge in [0.05, 0.1) is 6.61 Å². The number of nitrogens with one attached hydrogen (secondary N) is 1. The Labute approximate surface area is 94.2 Å². The van der Waals surface area contributed by atoms with E-state index in [4.69, 9.17) is 4.74 Å². The minimum absolute atomic E-state index is 0.639. The van der Waals surface area contributed by atoms with Gasteiger partial charge in [0.2, 0.25) is 0 Å². The predicted molar refractivity (Wildman–Crippen MR) is 64.2 cm³/mol. The number of piperazine rings is 1. The molecule has 3 nitrogen and oxygen atoms in total. The zero-order chi connectivity index (χ0) is 11.3. The molecule has 0 aromatic carbocycles. The molecule has 0 aromatic rings. The Bertz CT molecular complexity index is 175. The molecule has 15 heavy (non-hydrogen) atoms. The molecule has 1 rings (SSSR count). The summed E-state index contributed by atoms with van der Waals surface area (Å²) in [5, 5.41) is 3.64. The molecule has 0 spiro atoms. The van der Waals surface area contributed by atoms with Crippen LogP contribution in [-0.2, 0) is 4.74 Å². The monoisotopic (exact) mass is 214 g/mol. The Morgan fingerprint density at radius 1 is 1.53 bits per heavy atom. The standard InChI is InChI=1S/C12H26N2O/c1-5-10(2)12-9-14(6-7-15-4)11(3)8-13-12/h10-13H,5-9H2,1-4H3. The maximum Gasteiger partial charge on any atom is 0.0589 e. The van der Waals surface area contributed by atoms with Crippen molar-refractivity contribution in [3.63, 3.8) is 0 Å². The van der Waals surface area contributed by atoms with E-state index in [1.54, 1.807) is 7.11 Å². The Morgan fingerprint density at radius 3 is 2.87 bits per heavy atom. The second-order valence-electron chi connectivity index (χ2n) is 4.74. The van der Waals surface area contributed by atoms with E-state index in [0.29, 0.717) is 12.1 Å². The van der Waals surface area contributed by atoms with Crippen molar-refractivity contribution in [3.8, 4) is 0 Å². The summed E-state index contributed by atoms with van der Waals surface area (Å²) in [5.74, 6) is 0.766. The van der Waals surface area contributed by atoms with Crippen molar-refractivity contribution in [1.29, 1.82) is 0 Å². The van der Waals surface area contributed by atoms with Gasteiger partial charge >= 0.3 is 0 Å². The van der Waals surface area contributed by atoms with E-state index < -0.39 is 0 Å². The highest BCUT2D eigenvalue weighted by Crippen LogP contribution is 2.14. The molecule has 1 fully saturated rings. The van der Waals surface area contributed by atoms with E-state index in [9.17, 15) is 0 Å². The number of ether oxygens (including phenoxy) is 1. The smallest absolute Gasteiger partial charge is 0.0589 e. The molecular weight excluding hydrogens is 188 g/mol. The van der Waals surface area contributed by atoms with Crippen LogP contribution in [0.25, 0.3) is 0 Å². The highest BCUT2D eigenvalue weighted by Gasteiger charge is 2.26. The van der Waals surface area contributed by atoms with Crippen LogP contribution < -0.4 is 5.32 Å². The lowest BCUT2D eigenvalue weighted by Gasteiger charge is -2.40. The molecule has 0 saturated carbocycles. The lowest BCUT2D eigenvalue weighted by molar-refractivity contribution is 0.0815. The quantitative estimate of drug-likeness (QED) is 0.747. The van der Waals surface area contributed by atoms with Crippen LogP contribution in [-0.4, -0.2) is 50.3 Å². The van der Waals surface area contributed by atoms with Gasteiger partial charge in [0.15, 0.2) is 0 Å². The summed E-state index contributed by atoms with van der Waals surface area (Å²) in [6.45, 7) is 11.1. The molecule has 0 bridgehead atoms. The van der Waals surface area contributed by atoms with Crippen molar-refractivity contribution < 1.29 is 4.74 Å². The summed E-state index contributed by atoms with van der Waals surface area (Å²) in [5.41, 5.74) is 0. The number of nitrogens with zero attached hydrogens (tertiary/aromatic N) is 1. The molecule has 0 amide bonds. The minimum Gasteiger partial charge on any atom is -0.383 e. The molecule has 1 saturated heterocycles. The van der Waals surface area contributed by atoms with E-state index in [-0.39, 0.29) is 0 Å². The van der Waals surface area contributed by atoms with Crippen LogP contribution in [0.4, 0.5) is 0 Å². The van der Waals surface area contributed by atoms with Crippen molar-refractivity contribution in [2.45, 2.75) is 39.3 Å². The van der Waals surface area contributed by atoms with E-state index >= 15 is 0 Å². The first-order valence-electron chi connectivity index (χ1n) is 6.15. The lowest BCUT2D eigenvalue weighted by atomic mass is 9.96. The van der Waals surface area contributed by atoms with Crippen molar-refractivity contribution in [2.75, 3.05) is 33.4 Å². The van der Waals surface area contributed by atoms with Gasteiger partial charge in [0.1, 0.15) is 0 Å². The Kier molecular flexibility index (Phi) is 5.58. The van der Waals surface area contributed by atoms with Gasteiger partial charge in [-0.05, 0) is 12.8 Å². The second kappa shape index (κ2) is 6.46. The first-order valence-corrected chi connectivity index (χ1v) is 6.15. The summed E-state index contributed by atoms with van der Waals surface area (Å²) in [6, 6.07) is 1.29. The molecule has 3 unspecified atom stereocenters. The summed E-state index contributed by atoms with van der Waals surface area (Å²) < 4.78 is 5.15. The maximum atomic E-state index is 5.15. The molecule has 0 aliphatic carbocycles. The summed E-state index contributed by atoms with van der Waals surface area (Å²) in [7, 11) is 1.78. The van der Waals surface area contributed by atoms with Gasteiger partial charge in [-0.25, -0.2) is 0 Å². The molecule has 1 aliphatic rings. The van der Waals surface area contributed by atoms with Crippen molar-refractivity contribution in [3.05, 3.63) is 0 Å². The highest BCUT2D eigenvalue weighted by atomic mass is 16.5. The van der Waals surface area contributed by atoms with Crippen molar-refractivity contribution in [2.24, 2.45) is 5.92 Å². The maximum absolute atomic E-state index is 5.15.